The zero-order chi connectivity index (χ0) is 8.81. The van der Waals surface area contributed by atoms with Gasteiger partial charge in [-0.3, -0.25) is 0 Å². The van der Waals surface area contributed by atoms with E-state index >= 15 is 0 Å². The van der Waals surface area contributed by atoms with Crippen molar-refractivity contribution in [2.45, 2.75) is 38.3 Å². The van der Waals surface area contributed by atoms with Gasteiger partial charge in [0.05, 0.1) is 6.10 Å². The first-order valence-electron chi connectivity index (χ1n) is 4.78. The number of rotatable bonds is 4. The van der Waals surface area contributed by atoms with Gasteiger partial charge in [0.15, 0.2) is 0 Å². The molecule has 0 aromatic heterocycles. The third-order valence-corrected chi connectivity index (χ3v) is 3.37. The number of nitrogens with one attached hydrogen (secondary N) is 1. The molecule has 0 radical (unpaired) electrons. The summed E-state index contributed by atoms with van der Waals surface area (Å²) >= 11 is 2.04. The zero-order valence-electron chi connectivity index (χ0n) is 7.75. The highest BCUT2D eigenvalue weighted by molar-refractivity contribution is 7.99. The van der Waals surface area contributed by atoms with Gasteiger partial charge in [0.25, 0.3) is 0 Å². The van der Waals surface area contributed by atoms with Gasteiger partial charge in [0.2, 0.25) is 0 Å². The van der Waals surface area contributed by atoms with Crippen LogP contribution in [0.15, 0.2) is 0 Å². The van der Waals surface area contributed by atoms with E-state index in [1.165, 1.54) is 24.3 Å². The molecule has 0 saturated carbocycles. The lowest BCUT2D eigenvalue weighted by Crippen LogP contribution is -2.35. The highest BCUT2D eigenvalue weighted by atomic mass is 32.2. The van der Waals surface area contributed by atoms with Gasteiger partial charge in [-0.1, -0.05) is 0 Å². The first kappa shape index (κ1) is 10.4. The van der Waals surface area contributed by atoms with Crippen molar-refractivity contribution in [1.82, 2.24) is 5.32 Å². The first-order chi connectivity index (χ1) is 5.79. The highest BCUT2D eigenvalue weighted by Gasteiger charge is 2.12. The SMILES string of the molecule is C[C@H](O)CCN[C@H]1CCCSC1. The largest absolute Gasteiger partial charge is 0.393 e. The Morgan fingerprint density at radius 1 is 1.67 bits per heavy atom. The van der Waals surface area contributed by atoms with E-state index in [4.69, 9.17) is 5.11 Å². The average molecular weight is 189 g/mol. The molecule has 2 nitrogen and oxygen atoms in total. The maximum atomic E-state index is 9.04. The summed E-state index contributed by atoms with van der Waals surface area (Å²) in [5.74, 6) is 2.58. The Balaban J connectivity index is 1.98. The summed E-state index contributed by atoms with van der Waals surface area (Å²) in [5.41, 5.74) is 0. The summed E-state index contributed by atoms with van der Waals surface area (Å²) in [6.45, 7) is 2.81. The van der Waals surface area contributed by atoms with E-state index in [0.717, 1.165) is 13.0 Å². The smallest absolute Gasteiger partial charge is 0.0524 e. The number of hydrogen-bond acceptors (Lipinski definition) is 3. The average Bonchev–Trinajstić information content (AvgIpc) is 2.05. The van der Waals surface area contributed by atoms with Crippen molar-refractivity contribution >= 4 is 11.8 Å². The van der Waals surface area contributed by atoms with Gasteiger partial charge in [-0.15, -0.1) is 0 Å². The molecule has 0 unspecified atom stereocenters. The Morgan fingerprint density at radius 3 is 3.08 bits per heavy atom. The molecule has 0 spiro atoms. The number of aliphatic hydroxyl groups excluding tert-OH is 1. The van der Waals surface area contributed by atoms with Crippen LogP contribution in [0.3, 0.4) is 0 Å². The highest BCUT2D eigenvalue weighted by Crippen LogP contribution is 2.16. The molecule has 2 N–H and O–H groups in total. The topological polar surface area (TPSA) is 32.3 Å². The van der Waals surface area contributed by atoms with Crippen molar-refractivity contribution in [1.29, 1.82) is 0 Å². The Kier molecular flexibility index (Phi) is 5.04. The van der Waals surface area contributed by atoms with Crippen LogP contribution >= 0.6 is 11.8 Å². The molecule has 1 aliphatic rings. The summed E-state index contributed by atoms with van der Waals surface area (Å²) < 4.78 is 0. The van der Waals surface area contributed by atoms with Crippen molar-refractivity contribution in [3.05, 3.63) is 0 Å². The van der Waals surface area contributed by atoms with Crippen molar-refractivity contribution in [3.8, 4) is 0 Å². The van der Waals surface area contributed by atoms with Gasteiger partial charge in [0.1, 0.15) is 0 Å². The molecule has 0 aliphatic carbocycles. The van der Waals surface area contributed by atoms with E-state index in [0.29, 0.717) is 6.04 Å². The van der Waals surface area contributed by atoms with Crippen LogP contribution in [-0.2, 0) is 0 Å². The lowest BCUT2D eigenvalue weighted by Gasteiger charge is -2.22. The monoisotopic (exact) mass is 189 g/mol. The van der Waals surface area contributed by atoms with Crippen LogP contribution in [0.25, 0.3) is 0 Å². The Labute approximate surface area is 79.1 Å². The minimum absolute atomic E-state index is 0.159. The van der Waals surface area contributed by atoms with Gasteiger partial charge in [-0.25, -0.2) is 0 Å². The number of aliphatic hydroxyl groups is 1. The molecule has 1 fully saturated rings. The second-order valence-corrected chi connectivity index (χ2v) is 4.66. The fraction of sp³-hybridized carbons (Fsp3) is 1.00. The third kappa shape index (κ3) is 4.33. The number of thioether (sulfide) groups is 1. The fourth-order valence-electron chi connectivity index (χ4n) is 1.40. The predicted molar refractivity (Wildman–Crippen MR) is 54.6 cm³/mol. The van der Waals surface area contributed by atoms with Crippen LogP contribution in [-0.4, -0.2) is 35.3 Å². The van der Waals surface area contributed by atoms with Crippen LogP contribution in [0.4, 0.5) is 0 Å². The number of hydrogen-bond donors (Lipinski definition) is 2. The molecule has 1 saturated heterocycles. The molecule has 0 bridgehead atoms. The minimum Gasteiger partial charge on any atom is -0.393 e. The molecule has 1 heterocycles. The van der Waals surface area contributed by atoms with Gasteiger partial charge < -0.3 is 10.4 Å². The van der Waals surface area contributed by atoms with Crippen LogP contribution < -0.4 is 5.32 Å². The van der Waals surface area contributed by atoms with Gasteiger partial charge >= 0.3 is 0 Å². The molecule has 0 aromatic carbocycles. The van der Waals surface area contributed by atoms with E-state index in [1.807, 2.05) is 18.7 Å². The predicted octanol–water partition coefficient (Wildman–Crippen LogP) is 1.24. The van der Waals surface area contributed by atoms with Gasteiger partial charge in [-0.2, -0.15) is 11.8 Å². The van der Waals surface area contributed by atoms with E-state index in [9.17, 15) is 0 Å². The van der Waals surface area contributed by atoms with Gasteiger partial charge in [0, 0.05) is 11.8 Å². The molecule has 0 aromatic rings. The first-order valence-corrected chi connectivity index (χ1v) is 5.93. The second-order valence-electron chi connectivity index (χ2n) is 3.51. The quantitative estimate of drug-likeness (QED) is 0.698. The van der Waals surface area contributed by atoms with Crippen LogP contribution in [0, 0.1) is 0 Å². The molecule has 12 heavy (non-hydrogen) atoms. The molecule has 1 aliphatic heterocycles. The van der Waals surface area contributed by atoms with Crippen molar-refractivity contribution in [2.75, 3.05) is 18.1 Å². The summed E-state index contributed by atoms with van der Waals surface area (Å²) in [7, 11) is 0. The van der Waals surface area contributed by atoms with E-state index < -0.39 is 0 Å². The maximum Gasteiger partial charge on any atom is 0.0524 e. The standard InChI is InChI=1S/C9H19NOS/c1-8(11)4-5-10-9-3-2-6-12-7-9/h8-11H,2-7H2,1H3/t8-,9-/m0/s1. The molecular formula is C9H19NOS. The van der Waals surface area contributed by atoms with Crippen molar-refractivity contribution in [2.24, 2.45) is 0 Å². The molecular weight excluding hydrogens is 170 g/mol. The minimum atomic E-state index is -0.159. The van der Waals surface area contributed by atoms with E-state index in [-0.39, 0.29) is 6.10 Å². The molecule has 3 heteroatoms. The van der Waals surface area contributed by atoms with Crippen molar-refractivity contribution in [3.63, 3.8) is 0 Å². The summed E-state index contributed by atoms with van der Waals surface area (Å²) in [6, 6.07) is 0.697. The van der Waals surface area contributed by atoms with E-state index in [2.05, 4.69) is 5.32 Å². The Bertz CT molecular complexity index is 113. The van der Waals surface area contributed by atoms with E-state index in [1.54, 1.807) is 0 Å². The Hall–Kier alpha value is 0.270. The summed E-state index contributed by atoms with van der Waals surface area (Å²) in [5, 5.41) is 12.5. The van der Waals surface area contributed by atoms with Crippen LogP contribution in [0.1, 0.15) is 26.2 Å². The molecule has 0 amide bonds. The van der Waals surface area contributed by atoms with Crippen LogP contribution in [0.5, 0.6) is 0 Å². The lowest BCUT2D eigenvalue weighted by molar-refractivity contribution is 0.182. The molecule has 2 atom stereocenters. The Morgan fingerprint density at radius 2 is 2.50 bits per heavy atom. The van der Waals surface area contributed by atoms with Gasteiger partial charge in [-0.05, 0) is 38.5 Å². The lowest BCUT2D eigenvalue weighted by atomic mass is 10.2. The van der Waals surface area contributed by atoms with Crippen molar-refractivity contribution < 1.29 is 5.11 Å². The second kappa shape index (κ2) is 5.84. The summed E-state index contributed by atoms with van der Waals surface area (Å²) in [6.07, 6.45) is 3.37. The zero-order valence-corrected chi connectivity index (χ0v) is 8.57. The fourth-order valence-corrected chi connectivity index (χ4v) is 2.50. The van der Waals surface area contributed by atoms with Crippen LogP contribution in [0.2, 0.25) is 0 Å². The third-order valence-electron chi connectivity index (χ3n) is 2.16. The normalized spacial score (nSPS) is 27.0. The maximum absolute atomic E-state index is 9.04. The molecule has 72 valence electrons. The molecule has 1 rings (SSSR count). The summed E-state index contributed by atoms with van der Waals surface area (Å²) in [4.78, 5) is 0.